The maximum atomic E-state index is 12.5. The fraction of sp³-hybridized carbons (Fsp3) is 0.522. The first kappa shape index (κ1) is 20.1. The van der Waals surface area contributed by atoms with Gasteiger partial charge in [-0.05, 0) is 63.0 Å². The minimum absolute atomic E-state index is 0.131. The Bertz CT molecular complexity index is 826. The predicted molar refractivity (Wildman–Crippen MR) is 110 cm³/mol. The van der Waals surface area contributed by atoms with Crippen LogP contribution in [0.5, 0.6) is 0 Å². The van der Waals surface area contributed by atoms with Crippen molar-refractivity contribution in [2.75, 3.05) is 0 Å². The molecule has 5 heteroatoms. The van der Waals surface area contributed by atoms with Crippen LogP contribution < -0.4 is 5.32 Å². The van der Waals surface area contributed by atoms with Crippen molar-refractivity contribution < 1.29 is 4.79 Å². The second-order valence-electron chi connectivity index (χ2n) is 7.81. The first-order valence-electron chi connectivity index (χ1n) is 10.3. The summed E-state index contributed by atoms with van der Waals surface area (Å²) in [5.41, 5.74) is 4.60. The Balaban J connectivity index is 1.46. The van der Waals surface area contributed by atoms with Gasteiger partial charge in [-0.2, -0.15) is 10.4 Å². The van der Waals surface area contributed by atoms with E-state index < -0.39 is 0 Å². The summed E-state index contributed by atoms with van der Waals surface area (Å²) in [5, 5.41) is 16.5. The lowest BCUT2D eigenvalue weighted by Crippen LogP contribution is -2.37. The van der Waals surface area contributed by atoms with E-state index in [1.165, 1.54) is 5.56 Å². The fourth-order valence-electron chi connectivity index (χ4n) is 4.30. The number of benzene rings is 1. The summed E-state index contributed by atoms with van der Waals surface area (Å²) in [6, 6.07) is 13.2. The number of hydrogen-bond donors (Lipinski definition) is 1. The second kappa shape index (κ2) is 9.54. The highest BCUT2D eigenvalue weighted by Gasteiger charge is 2.23. The second-order valence-corrected chi connectivity index (χ2v) is 7.81. The molecule has 0 saturated heterocycles. The average Bonchev–Trinajstić information content (AvgIpc) is 2.99. The smallest absolute Gasteiger partial charge is 0.220 e. The van der Waals surface area contributed by atoms with Gasteiger partial charge in [0.05, 0.1) is 24.7 Å². The minimum Gasteiger partial charge on any atom is -0.353 e. The van der Waals surface area contributed by atoms with E-state index in [4.69, 9.17) is 5.26 Å². The Kier molecular flexibility index (Phi) is 6.86. The number of nitrogens with zero attached hydrogens (tertiary/aromatic N) is 3. The van der Waals surface area contributed by atoms with Crippen molar-refractivity contribution in [2.45, 2.75) is 77.3 Å². The third-order valence-corrected chi connectivity index (χ3v) is 5.93. The summed E-state index contributed by atoms with van der Waals surface area (Å²) in [7, 11) is 0. The number of rotatable bonds is 7. The Labute approximate surface area is 167 Å². The molecule has 0 atom stereocenters. The number of hydrogen-bond acceptors (Lipinski definition) is 3. The molecule has 148 valence electrons. The first-order chi connectivity index (χ1) is 13.6. The molecule has 1 saturated carbocycles. The lowest BCUT2D eigenvalue weighted by molar-refractivity contribution is -0.122. The Hall–Kier alpha value is -2.61. The van der Waals surface area contributed by atoms with Crippen LogP contribution in [-0.2, 0) is 17.8 Å². The van der Waals surface area contributed by atoms with E-state index in [0.29, 0.717) is 37.8 Å². The third-order valence-electron chi connectivity index (χ3n) is 5.93. The number of aryl methyl sites for hydroxylation is 2. The van der Waals surface area contributed by atoms with E-state index in [1.807, 2.05) is 18.5 Å². The molecule has 0 unspecified atom stereocenters. The van der Waals surface area contributed by atoms with E-state index >= 15 is 0 Å². The molecule has 1 aliphatic carbocycles. The van der Waals surface area contributed by atoms with E-state index in [9.17, 15) is 4.79 Å². The normalized spacial score (nSPS) is 19.2. The van der Waals surface area contributed by atoms with Gasteiger partial charge >= 0.3 is 0 Å². The van der Waals surface area contributed by atoms with E-state index in [-0.39, 0.29) is 5.91 Å². The van der Waals surface area contributed by atoms with Gasteiger partial charge in [-0.1, -0.05) is 30.3 Å². The Morgan fingerprint density at radius 1 is 1.21 bits per heavy atom. The largest absolute Gasteiger partial charge is 0.353 e. The molecule has 1 heterocycles. The zero-order chi connectivity index (χ0) is 19.9. The van der Waals surface area contributed by atoms with Gasteiger partial charge in [0.25, 0.3) is 0 Å². The maximum Gasteiger partial charge on any atom is 0.220 e. The van der Waals surface area contributed by atoms with Crippen LogP contribution in [0.2, 0.25) is 0 Å². The lowest BCUT2D eigenvalue weighted by Gasteiger charge is -2.29. The highest BCUT2D eigenvalue weighted by molar-refractivity contribution is 5.76. The van der Waals surface area contributed by atoms with Crippen LogP contribution >= 0.6 is 0 Å². The fourth-order valence-corrected chi connectivity index (χ4v) is 4.30. The van der Waals surface area contributed by atoms with Gasteiger partial charge in [0.15, 0.2) is 0 Å². The molecule has 1 aromatic heterocycles. The molecular weight excluding hydrogens is 348 g/mol. The van der Waals surface area contributed by atoms with Crippen molar-refractivity contribution in [2.24, 2.45) is 0 Å². The molecule has 28 heavy (non-hydrogen) atoms. The number of carbonyl (C=O) groups is 1. The highest BCUT2D eigenvalue weighted by Crippen LogP contribution is 2.32. The molecule has 1 fully saturated rings. The summed E-state index contributed by atoms with van der Waals surface area (Å²) >= 11 is 0. The van der Waals surface area contributed by atoms with Crippen molar-refractivity contribution in [1.29, 1.82) is 5.26 Å². The van der Waals surface area contributed by atoms with Crippen LogP contribution in [-0.4, -0.2) is 21.7 Å². The molecule has 0 spiro atoms. The van der Waals surface area contributed by atoms with Crippen LogP contribution in [0.25, 0.3) is 0 Å². The standard InChI is InChI=1S/C23H30N4O/c1-17-22(18(2)27(26-17)16-6-15-24)13-14-23(28)25-21-11-9-20(10-12-21)19-7-4-3-5-8-19/h3-5,7-8,20-21H,6,9-14,16H2,1-2H3,(H,25,28). The molecule has 3 rings (SSSR count). The van der Waals surface area contributed by atoms with Gasteiger partial charge in [-0.3, -0.25) is 9.48 Å². The molecule has 5 nitrogen and oxygen atoms in total. The van der Waals surface area contributed by atoms with Gasteiger partial charge in [0.1, 0.15) is 0 Å². The minimum atomic E-state index is 0.131. The topological polar surface area (TPSA) is 70.7 Å². The monoisotopic (exact) mass is 378 g/mol. The molecule has 1 amide bonds. The lowest BCUT2D eigenvalue weighted by atomic mass is 9.82. The molecule has 1 aliphatic rings. The van der Waals surface area contributed by atoms with Gasteiger partial charge < -0.3 is 5.32 Å². The van der Waals surface area contributed by atoms with Gasteiger partial charge in [-0.25, -0.2) is 0 Å². The van der Waals surface area contributed by atoms with Crippen molar-refractivity contribution in [3.05, 3.63) is 52.8 Å². The van der Waals surface area contributed by atoms with Crippen molar-refractivity contribution in [1.82, 2.24) is 15.1 Å². The number of carbonyl (C=O) groups excluding carboxylic acids is 1. The highest BCUT2D eigenvalue weighted by atomic mass is 16.1. The van der Waals surface area contributed by atoms with Crippen LogP contribution in [0.3, 0.4) is 0 Å². The average molecular weight is 379 g/mol. The third kappa shape index (κ3) is 5.01. The maximum absolute atomic E-state index is 12.5. The van der Waals surface area contributed by atoms with E-state index in [0.717, 1.165) is 42.6 Å². The van der Waals surface area contributed by atoms with E-state index in [1.54, 1.807) is 0 Å². The number of nitriles is 1. The van der Waals surface area contributed by atoms with Crippen molar-refractivity contribution in [3.8, 4) is 6.07 Å². The van der Waals surface area contributed by atoms with Crippen LogP contribution in [0.1, 0.15) is 67.0 Å². The summed E-state index contributed by atoms with van der Waals surface area (Å²) in [6.07, 6.45) is 6.02. The van der Waals surface area contributed by atoms with Crippen LogP contribution in [0, 0.1) is 25.2 Å². The molecule has 0 bridgehead atoms. The Morgan fingerprint density at radius 3 is 2.61 bits per heavy atom. The number of amides is 1. The molecule has 0 radical (unpaired) electrons. The molecule has 2 aromatic rings. The summed E-state index contributed by atoms with van der Waals surface area (Å²) in [5.74, 6) is 0.755. The van der Waals surface area contributed by atoms with Gasteiger partial charge in [-0.15, -0.1) is 0 Å². The van der Waals surface area contributed by atoms with Crippen molar-refractivity contribution in [3.63, 3.8) is 0 Å². The Morgan fingerprint density at radius 2 is 1.93 bits per heavy atom. The zero-order valence-corrected chi connectivity index (χ0v) is 16.9. The SMILES string of the molecule is Cc1nn(CCC#N)c(C)c1CCC(=O)NC1CCC(c2ccccc2)CC1. The van der Waals surface area contributed by atoms with Crippen LogP contribution in [0.15, 0.2) is 30.3 Å². The quantitative estimate of drug-likeness (QED) is 0.785. The van der Waals surface area contributed by atoms with Crippen molar-refractivity contribution >= 4 is 5.91 Å². The van der Waals surface area contributed by atoms with Crippen LogP contribution in [0.4, 0.5) is 0 Å². The molecule has 1 aromatic carbocycles. The number of nitrogens with one attached hydrogen (secondary N) is 1. The first-order valence-corrected chi connectivity index (χ1v) is 10.3. The number of aromatic nitrogens is 2. The molecule has 1 N–H and O–H groups in total. The predicted octanol–water partition coefficient (Wildman–Crippen LogP) is 4.19. The van der Waals surface area contributed by atoms with E-state index in [2.05, 4.69) is 46.8 Å². The summed E-state index contributed by atoms with van der Waals surface area (Å²) < 4.78 is 1.89. The summed E-state index contributed by atoms with van der Waals surface area (Å²) in [6.45, 7) is 4.61. The molecule has 0 aliphatic heterocycles. The van der Waals surface area contributed by atoms with Gasteiger partial charge in [0, 0.05) is 18.2 Å². The zero-order valence-electron chi connectivity index (χ0n) is 16.9. The molecular formula is C23H30N4O. The van der Waals surface area contributed by atoms with Gasteiger partial charge in [0.2, 0.25) is 5.91 Å². The summed E-state index contributed by atoms with van der Waals surface area (Å²) in [4.78, 5) is 12.5.